The smallest absolute Gasteiger partial charge is 0.342 e. The number of cyclic esters (lactones) is 1. The zero-order valence-electron chi connectivity index (χ0n) is 16.8. The number of carbonyl (C=O) groups is 2. The molecule has 0 N–H and O–H groups in total. The Hall–Kier alpha value is -1.88. The number of ether oxygens (including phenoxy) is 2. The van der Waals surface area contributed by atoms with Gasteiger partial charge < -0.3 is 9.47 Å². The van der Waals surface area contributed by atoms with Crippen molar-refractivity contribution in [3.05, 3.63) is 39.5 Å². The van der Waals surface area contributed by atoms with Crippen LogP contribution in [0.5, 0.6) is 5.75 Å². The lowest BCUT2D eigenvalue weighted by Crippen LogP contribution is -2.23. The lowest BCUT2D eigenvalue weighted by Gasteiger charge is -2.22. The van der Waals surface area contributed by atoms with E-state index in [9.17, 15) is 9.59 Å². The Morgan fingerprint density at radius 1 is 1.27 bits per heavy atom. The van der Waals surface area contributed by atoms with E-state index in [1.807, 2.05) is 13.0 Å². The average Bonchev–Trinajstić information content (AvgIpc) is 2.96. The normalized spacial score (nSPS) is 14.2. The summed E-state index contributed by atoms with van der Waals surface area (Å²) >= 11 is 0. The van der Waals surface area contributed by atoms with Crippen molar-refractivity contribution in [3.8, 4) is 5.75 Å². The molecule has 142 valence electrons. The predicted molar refractivity (Wildman–Crippen MR) is 107 cm³/mol. The first-order valence-electron chi connectivity index (χ1n) is 9.28. The predicted octanol–water partition coefficient (Wildman–Crippen LogP) is 4.63. The van der Waals surface area contributed by atoms with Gasteiger partial charge in [-0.3, -0.25) is 4.79 Å². The summed E-state index contributed by atoms with van der Waals surface area (Å²) in [4.78, 5) is 23.4. The van der Waals surface area contributed by atoms with Gasteiger partial charge in [-0.05, 0) is 49.4 Å². The van der Waals surface area contributed by atoms with Crippen LogP contribution >= 0.6 is 0 Å². The number of fused-ring (bicyclic) bond motifs is 1. The number of aldehydes is 1. The van der Waals surface area contributed by atoms with E-state index in [-0.39, 0.29) is 5.97 Å². The van der Waals surface area contributed by atoms with Crippen LogP contribution in [0.25, 0.3) is 0 Å². The van der Waals surface area contributed by atoms with Crippen LogP contribution in [0.3, 0.4) is 0 Å². The van der Waals surface area contributed by atoms with Gasteiger partial charge in [-0.25, -0.2) is 4.79 Å². The zero-order valence-corrected chi connectivity index (χ0v) is 17.8. The number of esters is 1. The van der Waals surface area contributed by atoms with Crippen LogP contribution in [0.1, 0.15) is 46.5 Å². The molecule has 1 aromatic rings. The summed E-state index contributed by atoms with van der Waals surface area (Å²) in [5, 5.41) is 0. The minimum Gasteiger partial charge on any atom is -0.493 e. The molecule has 1 heterocycles. The number of hydrogen-bond acceptors (Lipinski definition) is 4. The van der Waals surface area contributed by atoms with E-state index >= 15 is 0 Å². The lowest BCUT2D eigenvalue weighted by atomic mass is 9.89. The van der Waals surface area contributed by atoms with Gasteiger partial charge in [-0.15, -0.1) is 0 Å². The number of hydrogen-bond donors (Lipinski definition) is 0. The first kappa shape index (κ1) is 20.4. The van der Waals surface area contributed by atoms with E-state index in [1.165, 1.54) is 5.56 Å². The van der Waals surface area contributed by atoms with Crippen molar-refractivity contribution in [1.82, 2.24) is 0 Å². The third kappa shape index (κ3) is 4.44. The summed E-state index contributed by atoms with van der Waals surface area (Å²) in [5.74, 6) is 0.365. The lowest BCUT2D eigenvalue weighted by molar-refractivity contribution is -0.104. The first-order valence-corrected chi connectivity index (χ1v) is 13.0. The van der Waals surface area contributed by atoms with Crippen LogP contribution in [0.15, 0.2) is 11.6 Å². The van der Waals surface area contributed by atoms with Gasteiger partial charge in [0.15, 0.2) is 0 Å². The van der Waals surface area contributed by atoms with Gasteiger partial charge in [-0.2, -0.15) is 0 Å². The van der Waals surface area contributed by atoms with Crippen molar-refractivity contribution in [1.29, 1.82) is 0 Å². The summed E-state index contributed by atoms with van der Waals surface area (Å²) in [6, 6.07) is 1.02. The SMILES string of the molecule is CCc1c(C)c2c(c(OCC[Si](C)(C)C)c1C/C=C(\C)C=O)C(=O)OC2. The van der Waals surface area contributed by atoms with Crippen molar-refractivity contribution in [2.45, 2.75) is 65.9 Å². The molecule has 2 rings (SSSR count). The Morgan fingerprint density at radius 3 is 2.54 bits per heavy atom. The third-order valence-corrected chi connectivity index (χ3v) is 6.59. The van der Waals surface area contributed by atoms with E-state index in [1.54, 1.807) is 6.92 Å². The van der Waals surface area contributed by atoms with Gasteiger partial charge in [0, 0.05) is 19.2 Å². The molecule has 4 nitrogen and oxygen atoms in total. The summed E-state index contributed by atoms with van der Waals surface area (Å²) < 4.78 is 11.5. The van der Waals surface area contributed by atoms with Crippen LogP contribution in [-0.4, -0.2) is 26.9 Å². The first-order chi connectivity index (χ1) is 12.2. The molecule has 0 saturated carbocycles. The van der Waals surface area contributed by atoms with E-state index < -0.39 is 8.07 Å². The van der Waals surface area contributed by atoms with Crippen molar-refractivity contribution < 1.29 is 19.1 Å². The second-order valence-corrected chi connectivity index (χ2v) is 13.7. The minimum atomic E-state index is -1.25. The Balaban J connectivity index is 2.54. The highest BCUT2D eigenvalue weighted by Gasteiger charge is 2.32. The number of rotatable bonds is 8. The second-order valence-electron chi connectivity index (χ2n) is 8.12. The Kier molecular flexibility index (Phi) is 6.45. The van der Waals surface area contributed by atoms with Crippen molar-refractivity contribution in [2.24, 2.45) is 0 Å². The molecule has 0 fully saturated rings. The zero-order chi connectivity index (χ0) is 19.5. The number of allylic oxidation sites excluding steroid dienone is 2. The van der Waals surface area contributed by atoms with Crippen LogP contribution in [0.4, 0.5) is 0 Å². The maximum Gasteiger partial charge on any atom is 0.342 e. The van der Waals surface area contributed by atoms with Gasteiger partial charge in [0.1, 0.15) is 24.2 Å². The van der Waals surface area contributed by atoms with E-state index in [0.29, 0.717) is 36.5 Å². The fraction of sp³-hybridized carbons (Fsp3) is 0.524. The topological polar surface area (TPSA) is 52.6 Å². The summed E-state index contributed by atoms with van der Waals surface area (Å²) in [6.07, 6.45) is 4.18. The largest absolute Gasteiger partial charge is 0.493 e. The standard InChI is InChI=1S/C21H30O4Si/c1-7-16-15(3)18-13-25-21(23)19(18)20(24-10-11-26(4,5)6)17(16)9-8-14(2)12-22/h8,12H,7,9-11,13H2,1-6H3/b14-8+. The van der Waals surface area contributed by atoms with Gasteiger partial charge in [0.25, 0.3) is 0 Å². The molecular weight excluding hydrogens is 344 g/mol. The number of benzene rings is 1. The highest BCUT2D eigenvalue weighted by atomic mass is 28.3. The Labute approximate surface area is 157 Å². The highest BCUT2D eigenvalue weighted by molar-refractivity contribution is 6.76. The maximum absolute atomic E-state index is 12.4. The third-order valence-electron chi connectivity index (χ3n) is 4.89. The van der Waals surface area contributed by atoms with E-state index in [0.717, 1.165) is 35.4 Å². The maximum atomic E-state index is 12.4. The van der Waals surface area contributed by atoms with Crippen molar-refractivity contribution in [2.75, 3.05) is 6.61 Å². The molecule has 0 bridgehead atoms. The van der Waals surface area contributed by atoms with Crippen molar-refractivity contribution >= 4 is 20.3 Å². The molecule has 1 aliphatic rings. The Bertz CT molecular complexity index is 742. The van der Waals surface area contributed by atoms with Gasteiger partial charge in [0.2, 0.25) is 0 Å². The highest BCUT2D eigenvalue weighted by Crippen LogP contribution is 2.39. The molecule has 0 amide bonds. The molecule has 0 radical (unpaired) electrons. The van der Waals surface area contributed by atoms with Crippen LogP contribution in [-0.2, 0) is 29.0 Å². The molecule has 26 heavy (non-hydrogen) atoms. The molecule has 0 unspecified atom stereocenters. The summed E-state index contributed by atoms with van der Waals surface area (Å²) in [6.45, 7) is 13.8. The summed E-state index contributed by atoms with van der Waals surface area (Å²) in [5.41, 5.74) is 5.54. The van der Waals surface area contributed by atoms with E-state index in [4.69, 9.17) is 9.47 Å². The van der Waals surface area contributed by atoms with Crippen LogP contribution < -0.4 is 4.74 Å². The molecule has 0 atom stereocenters. The minimum absolute atomic E-state index is 0.300. The second kappa shape index (κ2) is 8.21. The fourth-order valence-electron chi connectivity index (χ4n) is 3.25. The van der Waals surface area contributed by atoms with Crippen LogP contribution in [0, 0.1) is 6.92 Å². The van der Waals surface area contributed by atoms with Gasteiger partial charge >= 0.3 is 5.97 Å². The van der Waals surface area contributed by atoms with E-state index in [2.05, 4.69) is 26.6 Å². The van der Waals surface area contributed by atoms with Crippen molar-refractivity contribution in [3.63, 3.8) is 0 Å². The van der Waals surface area contributed by atoms with Gasteiger partial charge in [0.05, 0.1) is 6.61 Å². The molecule has 5 heteroatoms. The molecule has 0 spiro atoms. The van der Waals surface area contributed by atoms with Crippen LogP contribution in [0.2, 0.25) is 25.7 Å². The van der Waals surface area contributed by atoms with Gasteiger partial charge in [-0.1, -0.05) is 32.6 Å². The molecule has 0 aromatic heterocycles. The molecule has 1 aromatic carbocycles. The molecular formula is C21H30O4Si. The summed E-state index contributed by atoms with van der Waals surface area (Å²) in [7, 11) is -1.25. The number of carbonyl (C=O) groups excluding carboxylic acids is 2. The Morgan fingerprint density at radius 2 is 1.96 bits per heavy atom. The molecule has 1 aliphatic heterocycles. The monoisotopic (exact) mass is 374 g/mol. The quantitative estimate of drug-likeness (QED) is 0.288. The average molecular weight is 375 g/mol. The fourth-order valence-corrected chi connectivity index (χ4v) is 3.97. The molecule has 0 saturated heterocycles. The molecule has 0 aliphatic carbocycles.